The molecule has 0 unspecified atom stereocenters. The molecule has 0 N–H and O–H groups in total. The minimum Gasteiger partial charge on any atom is -0.355 e. The summed E-state index contributed by atoms with van der Waals surface area (Å²) in [6.45, 7) is 7.08. The molecule has 1 atom stereocenters. The lowest BCUT2D eigenvalue weighted by Crippen LogP contribution is -2.48. The van der Waals surface area contributed by atoms with Crippen molar-refractivity contribution in [3.63, 3.8) is 0 Å². The van der Waals surface area contributed by atoms with Gasteiger partial charge in [0.1, 0.15) is 0 Å². The van der Waals surface area contributed by atoms with Crippen molar-refractivity contribution in [2.75, 3.05) is 26.2 Å². The van der Waals surface area contributed by atoms with Crippen LogP contribution in [0.3, 0.4) is 0 Å². The van der Waals surface area contributed by atoms with Crippen LogP contribution in [-0.2, 0) is 4.79 Å². The molecule has 0 bridgehead atoms. The quantitative estimate of drug-likeness (QED) is 0.794. The van der Waals surface area contributed by atoms with Gasteiger partial charge in [0.2, 0.25) is 5.91 Å². The lowest BCUT2D eigenvalue weighted by molar-refractivity contribution is -0.138. The predicted octanol–water partition coefficient (Wildman–Crippen LogP) is 3.76. The van der Waals surface area contributed by atoms with E-state index < -0.39 is 0 Å². The average molecular weight is 396 g/mol. The molecule has 0 saturated carbocycles. The van der Waals surface area contributed by atoms with Crippen LogP contribution in [0.4, 0.5) is 0 Å². The highest BCUT2D eigenvalue weighted by atomic mass is 16.5. The molecular formula is C23H29N3O3. The monoisotopic (exact) mass is 395 g/mol. The smallest absolute Gasteiger partial charge is 0.276 e. The Morgan fingerprint density at radius 3 is 2.48 bits per heavy atom. The van der Waals surface area contributed by atoms with E-state index in [1.54, 1.807) is 11.0 Å². The molecule has 29 heavy (non-hydrogen) atoms. The van der Waals surface area contributed by atoms with Crippen LogP contribution < -0.4 is 0 Å². The van der Waals surface area contributed by atoms with E-state index in [-0.39, 0.29) is 17.7 Å². The van der Waals surface area contributed by atoms with Crippen LogP contribution in [0.1, 0.15) is 48.7 Å². The second kappa shape index (κ2) is 8.39. The molecule has 2 aromatic rings. The van der Waals surface area contributed by atoms with Crippen molar-refractivity contribution in [2.45, 2.75) is 39.5 Å². The van der Waals surface area contributed by atoms with E-state index >= 15 is 0 Å². The molecule has 2 aliphatic rings. The Morgan fingerprint density at radius 1 is 1.03 bits per heavy atom. The lowest BCUT2D eigenvalue weighted by Gasteiger charge is -2.37. The van der Waals surface area contributed by atoms with E-state index in [9.17, 15) is 9.59 Å². The highest BCUT2D eigenvalue weighted by Crippen LogP contribution is 2.25. The highest BCUT2D eigenvalue weighted by Gasteiger charge is 2.33. The van der Waals surface area contributed by atoms with E-state index in [2.05, 4.69) is 12.1 Å². The summed E-state index contributed by atoms with van der Waals surface area (Å²) >= 11 is 0. The van der Waals surface area contributed by atoms with Crippen molar-refractivity contribution in [3.8, 4) is 11.3 Å². The molecule has 2 aliphatic heterocycles. The highest BCUT2D eigenvalue weighted by molar-refractivity contribution is 5.93. The molecule has 154 valence electrons. The number of aryl methyl sites for hydroxylation is 1. The van der Waals surface area contributed by atoms with Gasteiger partial charge in [-0.15, -0.1) is 0 Å². The number of nitrogens with zero attached hydrogens (tertiary/aromatic N) is 3. The maximum atomic E-state index is 13.0. The SMILES string of the molecule is Cc1ccc(-c2cc(C(=O)N3CCC[C@H](C(=O)N4CCC(C)CC4)C3)no2)cc1. The number of carbonyl (C=O) groups excluding carboxylic acids is 2. The summed E-state index contributed by atoms with van der Waals surface area (Å²) in [5, 5.41) is 4.00. The first kappa shape index (κ1) is 19.7. The van der Waals surface area contributed by atoms with Gasteiger partial charge in [0.05, 0.1) is 5.92 Å². The Morgan fingerprint density at radius 2 is 1.76 bits per heavy atom. The minimum atomic E-state index is -0.156. The van der Waals surface area contributed by atoms with E-state index in [0.717, 1.165) is 49.9 Å². The number of carbonyl (C=O) groups is 2. The van der Waals surface area contributed by atoms with E-state index in [4.69, 9.17) is 4.52 Å². The Balaban J connectivity index is 1.41. The Hall–Kier alpha value is -2.63. The van der Waals surface area contributed by atoms with Crippen LogP contribution in [0.25, 0.3) is 11.3 Å². The fourth-order valence-corrected chi connectivity index (χ4v) is 4.24. The summed E-state index contributed by atoms with van der Waals surface area (Å²) in [7, 11) is 0. The van der Waals surface area contributed by atoms with Crippen molar-refractivity contribution in [3.05, 3.63) is 41.6 Å². The number of hydrogen-bond acceptors (Lipinski definition) is 4. The van der Waals surface area contributed by atoms with Crippen LogP contribution in [0.5, 0.6) is 0 Å². The zero-order chi connectivity index (χ0) is 20.4. The van der Waals surface area contributed by atoms with Gasteiger partial charge in [-0.25, -0.2) is 0 Å². The summed E-state index contributed by atoms with van der Waals surface area (Å²) < 4.78 is 5.41. The molecule has 0 spiro atoms. The van der Waals surface area contributed by atoms with Gasteiger partial charge in [-0.3, -0.25) is 9.59 Å². The number of likely N-dealkylation sites (tertiary alicyclic amines) is 2. The Labute approximate surface area is 171 Å². The summed E-state index contributed by atoms with van der Waals surface area (Å²) in [4.78, 5) is 29.6. The first-order valence-electron chi connectivity index (χ1n) is 10.6. The number of amides is 2. The molecule has 2 amide bonds. The van der Waals surface area contributed by atoms with Gasteiger partial charge >= 0.3 is 0 Å². The van der Waals surface area contributed by atoms with Crippen molar-refractivity contribution >= 4 is 11.8 Å². The number of rotatable bonds is 3. The summed E-state index contributed by atoms with van der Waals surface area (Å²) in [6.07, 6.45) is 3.83. The molecular weight excluding hydrogens is 366 g/mol. The topological polar surface area (TPSA) is 66.7 Å². The van der Waals surface area contributed by atoms with Gasteiger partial charge in [0.15, 0.2) is 11.5 Å². The van der Waals surface area contributed by atoms with Crippen LogP contribution in [0, 0.1) is 18.8 Å². The fourth-order valence-electron chi connectivity index (χ4n) is 4.24. The third-order valence-corrected chi connectivity index (χ3v) is 6.22. The predicted molar refractivity (Wildman–Crippen MR) is 110 cm³/mol. The number of benzene rings is 1. The van der Waals surface area contributed by atoms with Crippen LogP contribution in [-0.4, -0.2) is 52.9 Å². The van der Waals surface area contributed by atoms with Crippen molar-refractivity contribution < 1.29 is 14.1 Å². The fraction of sp³-hybridized carbons (Fsp3) is 0.522. The van der Waals surface area contributed by atoms with Gasteiger partial charge in [-0.1, -0.05) is 41.9 Å². The third-order valence-electron chi connectivity index (χ3n) is 6.22. The summed E-state index contributed by atoms with van der Waals surface area (Å²) in [5.74, 6) is 1.22. The second-order valence-electron chi connectivity index (χ2n) is 8.54. The van der Waals surface area contributed by atoms with Gasteiger partial charge in [-0.2, -0.15) is 0 Å². The number of aromatic nitrogens is 1. The maximum absolute atomic E-state index is 13.0. The number of piperidine rings is 2. The summed E-state index contributed by atoms with van der Waals surface area (Å²) in [6, 6.07) is 9.62. The van der Waals surface area contributed by atoms with Crippen LogP contribution in [0.2, 0.25) is 0 Å². The molecule has 4 rings (SSSR count). The van der Waals surface area contributed by atoms with Crippen molar-refractivity contribution in [1.29, 1.82) is 0 Å². The molecule has 6 heteroatoms. The molecule has 0 aliphatic carbocycles. The van der Waals surface area contributed by atoms with Gasteiger partial charge in [-0.05, 0) is 38.5 Å². The normalized spacial score (nSPS) is 20.7. The van der Waals surface area contributed by atoms with E-state index in [1.165, 1.54) is 0 Å². The first-order chi connectivity index (χ1) is 14.0. The third kappa shape index (κ3) is 4.36. The zero-order valence-electron chi connectivity index (χ0n) is 17.3. The minimum absolute atomic E-state index is 0.107. The molecule has 1 aromatic heterocycles. The zero-order valence-corrected chi connectivity index (χ0v) is 17.3. The molecule has 3 heterocycles. The van der Waals surface area contributed by atoms with E-state index in [1.807, 2.05) is 36.1 Å². The van der Waals surface area contributed by atoms with E-state index in [0.29, 0.717) is 30.5 Å². The van der Waals surface area contributed by atoms with Gasteiger partial charge < -0.3 is 14.3 Å². The van der Waals surface area contributed by atoms with Crippen LogP contribution >= 0.6 is 0 Å². The van der Waals surface area contributed by atoms with Crippen molar-refractivity contribution in [1.82, 2.24) is 15.0 Å². The van der Waals surface area contributed by atoms with Crippen molar-refractivity contribution in [2.24, 2.45) is 11.8 Å². The molecule has 2 saturated heterocycles. The first-order valence-corrected chi connectivity index (χ1v) is 10.6. The standard InChI is InChI=1S/C23H29N3O3/c1-16-5-7-18(8-6-16)21-14-20(24-29-21)23(28)26-11-3-4-19(15-26)22(27)25-12-9-17(2)10-13-25/h5-8,14,17,19H,3-4,9-13,15H2,1-2H3/t19-/m0/s1. The molecule has 6 nitrogen and oxygen atoms in total. The van der Waals surface area contributed by atoms with Gasteiger partial charge in [0.25, 0.3) is 5.91 Å². The average Bonchev–Trinajstić information content (AvgIpc) is 3.24. The Bertz CT molecular complexity index is 866. The molecule has 2 fully saturated rings. The Kier molecular flexibility index (Phi) is 5.69. The number of hydrogen-bond donors (Lipinski definition) is 0. The second-order valence-corrected chi connectivity index (χ2v) is 8.54. The molecule has 1 aromatic carbocycles. The molecule has 0 radical (unpaired) electrons. The van der Waals surface area contributed by atoms with Gasteiger partial charge in [0, 0.05) is 37.8 Å². The largest absolute Gasteiger partial charge is 0.355 e. The van der Waals surface area contributed by atoms with Crippen LogP contribution in [0.15, 0.2) is 34.9 Å². The summed E-state index contributed by atoms with van der Waals surface area (Å²) in [5.41, 5.74) is 2.37. The maximum Gasteiger partial charge on any atom is 0.276 e. The lowest BCUT2D eigenvalue weighted by atomic mass is 9.93.